The SMILES string of the molecule is COc1ccccc1-c1c(Cl)cc(NC(=O)NCc2ccc(S(N)(=O)=O)cc2)cc1Cl. The van der Waals surface area contributed by atoms with Crippen molar-refractivity contribution >= 4 is 44.9 Å². The zero-order valence-corrected chi connectivity index (χ0v) is 18.7. The van der Waals surface area contributed by atoms with Gasteiger partial charge in [0.15, 0.2) is 0 Å². The number of primary sulfonamides is 1. The van der Waals surface area contributed by atoms with Crippen LogP contribution in [0.15, 0.2) is 65.6 Å². The van der Waals surface area contributed by atoms with Crippen molar-refractivity contribution in [2.75, 3.05) is 12.4 Å². The summed E-state index contributed by atoms with van der Waals surface area (Å²) >= 11 is 12.9. The van der Waals surface area contributed by atoms with Gasteiger partial charge in [0.2, 0.25) is 10.0 Å². The number of hydrogen-bond donors (Lipinski definition) is 3. The molecule has 0 aliphatic carbocycles. The molecular formula is C21H19Cl2N3O4S. The van der Waals surface area contributed by atoms with Gasteiger partial charge in [0.25, 0.3) is 0 Å². The minimum Gasteiger partial charge on any atom is -0.496 e. The number of carbonyl (C=O) groups is 1. The largest absolute Gasteiger partial charge is 0.496 e. The minimum absolute atomic E-state index is 0.000113. The number of halogens is 2. The van der Waals surface area contributed by atoms with Crippen LogP contribution >= 0.6 is 23.2 Å². The summed E-state index contributed by atoms with van der Waals surface area (Å²) in [5, 5.41) is 11.1. The van der Waals surface area contributed by atoms with Gasteiger partial charge in [-0.15, -0.1) is 0 Å². The number of urea groups is 1. The van der Waals surface area contributed by atoms with Crippen LogP contribution in [-0.2, 0) is 16.6 Å². The smallest absolute Gasteiger partial charge is 0.319 e. The second-order valence-electron chi connectivity index (χ2n) is 6.51. The molecule has 3 rings (SSSR count). The number of nitrogens with two attached hydrogens (primary N) is 1. The number of carbonyl (C=O) groups excluding carboxylic acids is 1. The van der Waals surface area contributed by atoms with Crippen LogP contribution in [0.5, 0.6) is 5.75 Å². The molecule has 4 N–H and O–H groups in total. The van der Waals surface area contributed by atoms with Gasteiger partial charge in [-0.3, -0.25) is 0 Å². The van der Waals surface area contributed by atoms with Crippen molar-refractivity contribution < 1.29 is 17.9 Å². The molecule has 0 atom stereocenters. The van der Waals surface area contributed by atoms with E-state index in [2.05, 4.69) is 10.6 Å². The Bertz CT molecular complexity index is 1190. The molecule has 0 bridgehead atoms. The van der Waals surface area contributed by atoms with Crippen molar-refractivity contribution in [3.05, 3.63) is 76.3 Å². The van der Waals surface area contributed by atoms with Gasteiger partial charge in [0.05, 0.1) is 22.1 Å². The van der Waals surface area contributed by atoms with Crippen LogP contribution in [-0.4, -0.2) is 21.6 Å². The molecule has 0 heterocycles. The maximum Gasteiger partial charge on any atom is 0.319 e. The Morgan fingerprint density at radius 3 is 2.23 bits per heavy atom. The number of ether oxygens (including phenoxy) is 1. The fourth-order valence-electron chi connectivity index (χ4n) is 2.91. The molecule has 0 aromatic heterocycles. The summed E-state index contributed by atoms with van der Waals surface area (Å²) in [5.74, 6) is 0.623. The number of hydrogen-bond acceptors (Lipinski definition) is 4. The molecule has 0 spiro atoms. The van der Waals surface area contributed by atoms with Crippen LogP contribution < -0.4 is 20.5 Å². The topological polar surface area (TPSA) is 111 Å². The van der Waals surface area contributed by atoms with Gasteiger partial charge in [-0.05, 0) is 35.9 Å². The molecule has 0 unspecified atom stereocenters. The molecule has 3 aromatic rings. The molecule has 2 amide bonds. The molecule has 3 aromatic carbocycles. The van der Waals surface area contributed by atoms with E-state index < -0.39 is 16.1 Å². The van der Waals surface area contributed by atoms with E-state index >= 15 is 0 Å². The number of sulfonamides is 1. The van der Waals surface area contributed by atoms with Gasteiger partial charge in [0.1, 0.15) is 5.75 Å². The van der Waals surface area contributed by atoms with E-state index in [0.29, 0.717) is 32.6 Å². The van der Waals surface area contributed by atoms with Crippen LogP contribution in [0.1, 0.15) is 5.56 Å². The first-order valence-corrected chi connectivity index (χ1v) is 11.3. The van der Waals surface area contributed by atoms with Crippen LogP contribution in [0.25, 0.3) is 11.1 Å². The van der Waals surface area contributed by atoms with Crippen LogP contribution in [0, 0.1) is 0 Å². The van der Waals surface area contributed by atoms with Crippen molar-refractivity contribution in [2.45, 2.75) is 11.4 Å². The van der Waals surface area contributed by atoms with Crippen molar-refractivity contribution in [1.82, 2.24) is 5.32 Å². The number of amides is 2. The number of para-hydroxylation sites is 1. The summed E-state index contributed by atoms with van der Waals surface area (Å²) in [4.78, 5) is 12.2. The zero-order chi connectivity index (χ0) is 22.6. The zero-order valence-electron chi connectivity index (χ0n) is 16.4. The highest BCUT2D eigenvalue weighted by Crippen LogP contribution is 2.41. The Kier molecular flexibility index (Phi) is 7.07. The monoisotopic (exact) mass is 479 g/mol. The number of benzene rings is 3. The third-order valence-corrected chi connectivity index (χ3v) is 5.91. The number of anilines is 1. The molecule has 0 saturated carbocycles. The third kappa shape index (κ3) is 5.68. The predicted molar refractivity (Wildman–Crippen MR) is 122 cm³/mol. The molecule has 7 nitrogen and oxygen atoms in total. The lowest BCUT2D eigenvalue weighted by Crippen LogP contribution is -2.28. The van der Waals surface area contributed by atoms with Gasteiger partial charge in [0, 0.05) is 23.4 Å². The van der Waals surface area contributed by atoms with E-state index in [1.165, 1.54) is 12.1 Å². The van der Waals surface area contributed by atoms with E-state index in [1.807, 2.05) is 18.2 Å². The lowest BCUT2D eigenvalue weighted by Gasteiger charge is -2.14. The van der Waals surface area contributed by atoms with Crippen molar-refractivity contribution in [1.29, 1.82) is 0 Å². The second-order valence-corrected chi connectivity index (χ2v) is 8.89. The number of rotatable bonds is 6. The van der Waals surface area contributed by atoms with E-state index in [0.717, 1.165) is 5.56 Å². The first kappa shape index (κ1) is 22.9. The lowest BCUT2D eigenvalue weighted by molar-refractivity contribution is 0.251. The Morgan fingerprint density at radius 2 is 1.65 bits per heavy atom. The number of methoxy groups -OCH3 is 1. The van der Waals surface area contributed by atoms with Crippen LogP contribution in [0.2, 0.25) is 10.0 Å². The molecule has 0 radical (unpaired) electrons. The molecule has 0 fully saturated rings. The maximum absolute atomic E-state index is 12.2. The van der Waals surface area contributed by atoms with Gasteiger partial charge >= 0.3 is 6.03 Å². The fourth-order valence-corrected chi connectivity index (χ4v) is 4.11. The van der Waals surface area contributed by atoms with Crippen molar-refractivity contribution in [3.63, 3.8) is 0 Å². The first-order chi connectivity index (χ1) is 14.7. The van der Waals surface area contributed by atoms with Crippen LogP contribution in [0.3, 0.4) is 0 Å². The third-order valence-electron chi connectivity index (χ3n) is 4.38. The highest BCUT2D eigenvalue weighted by molar-refractivity contribution is 7.89. The van der Waals surface area contributed by atoms with Gasteiger partial charge in [-0.25, -0.2) is 18.4 Å². The highest BCUT2D eigenvalue weighted by atomic mass is 35.5. The summed E-state index contributed by atoms with van der Waals surface area (Å²) in [7, 11) is -2.20. The van der Waals surface area contributed by atoms with E-state index in [1.54, 1.807) is 37.4 Å². The molecule has 0 aliphatic heterocycles. The molecule has 10 heteroatoms. The van der Waals surface area contributed by atoms with Crippen molar-refractivity contribution in [3.8, 4) is 16.9 Å². The summed E-state index contributed by atoms with van der Waals surface area (Å²) in [6.07, 6.45) is 0. The van der Waals surface area contributed by atoms with E-state index in [4.69, 9.17) is 33.1 Å². The van der Waals surface area contributed by atoms with E-state index in [-0.39, 0.29) is 11.4 Å². The minimum atomic E-state index is -3.76. The average molecular weight is 480 g/mol. The fraction of sp³-hybridized carbons (Fsp3) is 0.0952. The summed E-state index contributed by atoms with van der Waals surface area (Å²) in [6, 6.07) is 15.9. The molecule has 31 heavy (non-hydrogen) atoms. The van der Waals surface area contributed by atoms with E-state index in [9.17, 15) is 13.2 Å². The summed E-state index contributed by atoms with van der Waals surface area (Å²) in [6.45, 7) is 0.178. The molecular weight excluding hydrogens is 461 g/mol. The molecule has 162 valence electrons. The van der Waals surface area contributed by atoms with Gasteiger partial charge in [-0.1, -0.05) is 53.5 Å². The molecule has 0 saturated heterocycles. The predicted octanol–water partition coefficient (Wildman–Crippen LogP) is 4.64. The Morgan fingerprint density at radius 1 is 1.03 bits per heavy atom. The Balaban J connectivity index is 1.69. The van der Waals surface area contributed by atoms with Crippen molar-refractivity contribution in [2.24, 2.45) is 5.14 Å². The highest BCUT2D eigenvalue weighted by Gasteiger charge is 2.15. The number of nitrogens with one attached hydrogen (secondary N) is 2. The quantitative estimate of drug-likeness (QED) is 0.478. The Labute approximate surface area is 190 Å². The lowest BCUT2D eigenvalue weighted by atomic mass is 10.0. The first-order valence-electron chi connectivity index (χ1n) is 8.98. The standard InChI is InChI=1S/C21H19Cl2N3O4S/c1-30-19-5-3-2-4-16(19)20-17(22)10-14(11-18(20)23)26-21(27)25-12-13-6-8-15(9-7-13)31(24,28)29/h2-11H,12H2,1H3,(H2,24,28,29)(H2,25,26,27). The Hall–Kier alpha value is -2.78. The van der Waals surface area contributed by atoms with Gasteiger partial charge in [-0.2, -0.15) is 0 Å². The van der Waals surface area contributed by atoms with Crippen LogP contribution in [0.4, 0.5) is 10.5 Å². The second kappa shape index (κ2) is 9.57. The maximum atomic E-state index is 12.2. The molecule has 0 aliphatic rings. The summed E-state index contributed by atoms with van der Waals surface area (Å²) in [5.41, 5.74) is 2.45. The van der Waals surface area contributed by atoms with Gasteiger partial charge < -0.3 is 15.4 Å². The summed E-state index contributed by atoms with van der Waals surface area (Å²) < 4.78 is 27.9. The average Bonchev–Trinajstić information content (AvgIpc) is 2.72. The normalized spacial score (nSPS) is 11.1.